The zero-order valence-electron chi connectivity index (χ0n) is 15.2. The number of aromatic nitrogens is 1. The van der Waals surface area contributed by atoms with Crippen molar-refractivity contribution in [2.75, 3.05) is 19.6 Å². The van der Waals surface area contributed by atoms with Crippen molar-refractivity contribution < 1.29 is 13.2 Å². The molecule has 0 radical (unpaired) electrons. The van der Waals surface area contributed by atoms with Gasteiger partial charge in [-0.1, -0.05) is 18.7 Å². The fourth-order valence-corrected chi connectivity index (χ4v) is 5.21. The standard InChI is InChI=1S/C19H23N3O3S2/c1-3-19(23)20-12-15-8-10-22(11-9-15)27(24,25)17-6-4-16(5-7-17)18-13-26-14(2)21-18/h3-7,13,15H,1,8-12H2,2H3,(H,20,23). The van der Waals surface area contributed by atoms with E-state index in [0.717, 1.165) is 29.1 Å². The second kappa shape index (κ2) is 8.33. The molecule has 0 spiro atoms. The highest BCUT2D eigenvalue weighted by Crippen LogP contribution is 2.26. The fraction of sp³-hybridized carbons (Fsp3) is 0.368. The first-order chi connectivity index (χ1) is 12.9. The number of carbonyl (C=O) groups is 1. The normalized spacial score (nSPS) is 16.2. The second-order valence-electron chi connectivity index (χ2n) is 6.57. The number of nitrogens with zero attached hydrogens (tertiary/aromatic N) is 2. The van der Waals surface area contributed by atoms with E-state index in [-0.39, 0.29) is 11.8 Å². The molecule has 6 nitrogen and oxygen atoms in total. The lowest BCUT2D eigenvalue weighted by atomic mass is 9.98. The number of sulfonamides is 1. The largest absolute Gasteiger partial charge is 0.352 e. The van der Waals surface area contributed by atoms with Crippen molar-refractivity contribution >= 4 is 27.3 Å². The van der Waals surface area contributed by atoms with E-state index >= 15 is 0 Å². The highest BCUT2D eigenvalue weighted by molar-refractivity contribution is 7.89. The summed E-state index contributed by atoms with van der Waals surface area (Å²) in [5.74, 6) is 0.0936. The van der Waals surface area contributed by atoms with E-state index in [1.165, 1.54) is 10.4 Å². The van der Waals surface area contributed by atoms with E-state index in [2.05, 4.69) is 16.9 Å². The third-order valence-electron chi connectivity index (χ3n) is 4.73. The molecule has 0 unspecified atom stereocenters. The lowest BCUT2D eigenvalue weighted by molar-refractivity contribution is -0.116. The average Bonchev–Trinajstić information content (AvgIpc) is 3.13. The molecule has 8 heteroatoms. The summed E-state index contributed by atoms with van der Waals surface area (Å²) in [7, 11) is -3.50. The molecular formula is C19H23N3O3S2. The van der Waals surface area contributed by atoms with Crippen LogP contribution in [0.15, 0.2) is 47.2 Å². The number of amides is 1. The maximum Gasteiger partial charge on any atom is 0.243 e. The van der Waals surface area contributed by atoms with Crippen LogP contribution in [-0.2, 0) is 14.8 Å². The number of aryl methyl sites for hydroxylation is 1. The highest BCUT2D eigenvalue weighted by atomic mass is 32.2. The fourth-order valence-electron chi connectivity index (χ4n) is 3.11. The molecule has 1 aliphatic rings. The van der Waals surface area contributed by atoms with Gasteiger partial charge in [-0.15, -0.1) is 11.3 Å². The first-order valence-corrected chi connectivity index (χ1v) is 11.1. The molecule has 27 heavy (non-hydrogen) atoms. The molecule has 0 bridgehead atoms. The second-order valence-corrected chi connectivity index (χ2v) is 9.57. The van der Waals surface area contributed by atoms with Crippen molar-refractivity contribution in [3.05, 3.63) is 47.3 Å². The Balaban J connectivity index is 1.63. The molecule has 1 fully saturated rings. The van der Waals surface area contributed by atoms with E-state index in [4.69, 9.17) is 0 Å². The molecule has 1 aromatic carbocycles. The van der Waals surface area contributed by atoms with E-state index in [0.29, 0.717) is 24.5 Å². The quantitative estimate of drug-likeness (QED) is 0.750. The van der Waals surface area contributed by atoms with Crippen LogP contribution < -0.4 is 5.32 Å². The van der Waals surface area contributed by atoms with Gasteiger partial charge in [-0.25, -0.2) is 13.4 Å². The van der Waals surface area contributed by atoms with Crippen molar-refractivity contribution in [2.24, 2.45) is 5.92 Å². The van der Waals surface area contributed by atoms with Crippen molar-refractivity contribution in [3.8, 4) is 11.3 Å². The third-order valence-corrected chi connectivity index (χ3v) is 7.42. The Labute approximate surface area is 164 Å². The molecule has 1 aliphatic heterocycles. The highest BCUT2D eigenvalue weighted by Gasteiger charge is 2.29. The summed E-state index contributed by atoms with van der Waals surface area (Å²) in [6, 6.07) is 6.91. The lowest BCUT2D eigenvalue weighted by Gasteiger charge is -2.31. The van der Waals surface area contributed by atoms with E-state index < -0.39 is 10.0 Å². The van der Waals surface area contributed by atoms with Gasteiger partial charge in [0, 0.05) is 30.6 Å². The van der Waals surface area contributed by atoms with E-state index in [1.807, 2.05) is 12.3 Å². The van der Waals surface area contributed by atoms with Gasteiger partial charge in [0.25, 0.3) is 0 Å². The number of carbonyl (C=O) groups excluding carboxylic acids is 1. The van der Waals surface area contributed by atoms with Gasteiger partial charge in [-0.3, -0.25) is 4.79 Å². The van der Waals surface area contributed by atoms with E-state index in [9.17, 15) is 13.2 Å². The predicted molar refractivity (Wildman–Crippen MR) is 107 cm³/mol. The first-order valence-electron chi connectivity index (χ1n) is 8.83. The summed E-state index contributed by atoms with van der Waals surface area (Å²) in [4.78, 5) is 16.0. The van der Waals surface area contributed by atoms with Crippen molar-refractivity contribution in [2.45, 2.75) is 24.7 Å². The molecule has 144 valence electrons. The van der Waals surface area contributed by atoms with Gasteiger partial charge >= 0.3 is 0 Å². The lowest BCUT2D eigenvalue weighted by Crippen LogP contribution is -2.41. The Bertz CT molecular complexity index is 912. The molecule has 3 rings (SSSR count). The van der Waals surface area contributed by atoms with Gasteiger partial charge in [0.05, 0.1) is 15.6 Å². The molecule has 0 aliphatic carbocycles. The predicted octanol–water partition coefficient (Wildman–Crippen LogP) is 2.82. The summed E-state index contributed by atoms with van der Waals surface area (Å²) in [6.45, 7) is 6.85. The smallest absolute Gasteiger partial charge is 0.243 e. The molecule has 2 heterocycles. The Morgan fingerprint density at radius 3 is 2.56 bits per heavy atom. The van der Waals surface area contributed by atoms with Gasteiger partial charge in [0.2, 0.25) is 15.9 Å². The van der Waals surface area contributed by atoms with Crippen LogP contribution >= 0.6 is 11.3 Å². The summed E-state index contributed by atoms with van der Waals surface area (Å²) in [5.41, 5.74) is 1.78. The number of rotatable bonds is 6. The Morgan fingerprint density at radius 1 is 1.33 bits per heavy atom. The first kappa shape index (κ1) is 19.7. The van der Waals surface area contributed by atoms with Gasteiger partial charge in [-0.2, -0.15) is 4.31 Å². The number of benzene rings is 1. The number of nitrogens with one attached hydrogen (secondary N) is 1. The number of hydrogen-bond acceptors (Lipinski definition) is 5. The van der Waals surface area contributed by atoms with Crippen LogP contribution in [0, 0.1) is 12.8 Å². The van der Waals surface area contributed by atoms with Crippen LogP contribution in [0.25, 0.3) is 11.3 Å². The van der Waals surface area contributed by atoms with Crippen LogP contribution in [0.3, 0.4) is 0 Å². The van der Waals surface area contributed by atoms with Crippen LogP contribution in [0.1, 0.15) is 17.8 Å². The van der Waals surface area contributed by atoms with Crippen molar-refractivity contribution in [1.82, 2.24) is 14.6 Å². The van der Waals surface area contributed by atoms with Crippen LogP contribution in [0.4, 0.5) is 0 Å². The summed E-state index contributed by atoms with van der Waals surface area (Å²) >= 11 is 1.57. The molecule has 1 saturated heterocycles. The zero-order chi connectivity index (χ0) is 19.4. The van der Waals surface area contributed by atoms with Gasteiger partial charge < -0.3 is 5.32 Å². The number of thiazole rings is 1. The molecule has 2 aromatic rings. The number of hydrogen-bond donors (Lipinski definition) is 1. The van der Waals surface area contributed by atoms with E-state index in [1.54, 1.807) is 35.6 Å². The SMILES string of the molecule is C=CC(=O)NCC1CCN(S(=O)(=O)c2ccc(-c3csc(C)n3)cc2)CC1. The Hall–Kier alpha value is -2.03. The van der Waals surface area contributed by atoms with Crippen LogP contribution in [0.2, 0.25) is 0 Å². The Morgan fingerprint density at radius 2 is 2.00 bits per heavy atom. The molecule has 1 aromatic heterocycles. The zero-order valence-corrected chi connectivity index (χ0v) is 16.9. The average molecular weight is 406 g/mol. The topological polar surface area (TPSA) is 79.4 Å². The van der Waals surface area contributed by atoms with Crippen LogP contribution in [0.5, 0.6) is 0 Å². The number of piperidine rings is 1. The molecule has 0 saturated carbocycles. The van der Waals surface area contributed by atoms with Gasteiger partial charge in [0.15, 0.2) is 0 Å². The summed E-state index contributed by atoms with van der Waals surface area (Å²) < 4.78 is 27.3. The molecule has 0 atom stereocenters. The summed E-state index contributed by atoms with van der Waals surface area (Å²) in [6.07, 6.45) is 2.70. The third kappa shape index (κ3) is 4.63. The minimum Gasteiger partial charge on any atom is -0.352 e. The molecule has 1 amide bonds. The molecular weight excluding hydrogens is 382 g/mol. The van der Waals surface area contributed by atoms with Crippen molar-refractivity contribution in [3.63, 3.8) is 0 Å². The monoisotopic (exact) mass is 405 g/mol. The Kier molecular flexibility index (Phi) is 6.08. The van der Waals surface area contributed by atoms with Crippen LogP contribution in [-0.4, -0.2) is 43.2 Å². The minimum absolute atomic E-state index is 0.194. The summed E-state index contributed by atoms with van der Waals surface area (Å²) in [5, 5.41) is 5.73. The minimum atomic E-state index is -3.50. The maximum atomic E-state index is 12.9. The maximum absolute atomic E-state index is 12.9. The molecule has 1 N–H and O–H groups in total. The van der Waals surface area contributed by atoms with Gasteiger partial charge in [-0.05, 0) is 43.9 Å². The van der Waals surface area contributed by atoms with Gasteiger partial charge in [0.1, 0.15) is 0 Å². The van der Waals surface area contributed by atoms with Crippen molar-refractivity contribution in [1.29, 1.82) is 0 Å².